The van der Waals surface area contributed by atoms with Crippen molar-refractivity contribution >= 4 is 11.6 Å². The predicted molar refractivity (Wildman–Crippen MR) is 83.8 cm³/mol. The number of nitrogens with zero attached hydrogens (tertiary/aromatic N) is 5. The average Bonchev–Trinajstić information content (AvgIpc) is 3.24. The summed E-state index contributed by atoms with van der Waals surface area (Å²) >= 11 is 0. The minimum absolute atomic E-state index is 0.123. The maximum absolute atomic E-state index is 12.6. The van der Waals surface area contributed by atoms with E-state index in [1.54, 1.807) is 0 Å². The molecule has 1 fully saturated rings. The summed E-state index contributed by atoms with van der Waals surface area (Å²) in [5.74, 6) is 1.24. The fraction of sp³-hybridized carbons (Fsp3) is 0.375. The lowest BCUT2D eigenvalue weighted by atomic mass is 9.97. The van der Waals surface area contributed by atoms with Crippen molar-refractivity contribution in [3.63, 3.8) is 0 Å². The standard InChI is InChI=1S/C16H18N6O/c23-15(8-13-10-21-6-2-1-5-14(21)19-13)22-7-3-4-12(9-22)16-17-11-18-20-16/h1-2,5-6,10-12H,3-4,7-9H2,(H,17,18,20). The highest BCUT2D eigenvalue weighted by Gasteiger charge is 2.26. The van der Waals surface area contributed by atoms with E-state index in [0.29, 0.717) is 13.0 Å². The summed E-state index contributed by atoms with van der Waals surface area (Å²) in [5.41, 5.74) is 1.68. The molecule has 4 rings (SSSR count). The molecular formula is C16H18N6O. The number of aromatic nitrogens is 5. The number of piperidine rings is 1. The second-order valence-corrected chi connectivity index (χ2v) is 5.92. The number of amides is 1. The van der Waals surface area contributed by atoms with Crippen LogP contribution in [0.15, 0.2) is 36.9 Å². The van der Waals surface area contributed by atoms with Crippen molar-refractivity contribution < 1.29 is 4.79 Å². The second-order valence-electron chi connectivity index (χ2n) is 5.92. The van der Waals surface area contributed by atoms with Crippen LogP contribution in [0.4, 0.5) is 0 Å². The first-order valence-corrected chi connectivity index (χ1v) is 7.85. The van der Waals surface area contributed by atoms with Crippen LogP contribution in [-0.2, 0) is 11.2 Å². The van der Waals surface area contributed by atoms with Gasteiger partial charge in [-0.3, -0.25) is 9.89 Å². The van der Waals surface area contributed by atoms with Crippen molar-refractivity contribution in [1.82, 2.24) is 29.5 Å². The quantitative estimate of drug-likeness (QED) is 0.793. The highest BCUT2D eigenvalue weighted by atomic mass is 16.2. The van der Waals surface area contributed by atoms with Gasteiger partial charge in [0.15, 0.2) is 0 Å². The molecule has 0 spiro atoms. The Morgan fingerprint density at radius 1 is 1.39 bits per heavy atom. The van der Waals surface area contributed by atoms with E-state index in [1.807, 2.05) is 39.9 Å². The molecule has 1 aliphatic heterocycles. The number of pyridine rings is 1. The Labute approximate surface area is 133 Å². The number of carbonyl (C=O) groups is 1. The molecule has 4 heterocycles. The van der Waals surface area contributed by atoms with Gasteiger partial charge in [0, 0.05) is 31.4 Å². The molecule has 1 saturated heterocycles. The van der Waals surface area contributed by atoms with Crippen LogP contribution in [0, 0.1) is 0 Å². The SMILES string of the molecule is O=C(Cc1cn2ccccc2n1)N1CCCC(c2ncn[nH]2)C1. The average molecular weight is 310 g/mol. The van der Waals surface area contributed by atoms with Crippen LogP contribution in [0.25, 0.3) is 5.65 Å². The van der Waals surface area contributed by atoms with Crippen LogP contribution < -0.4 is 0 Å². The fourth-order valence-electron chi connectivity index (χ4n) is 3.18. The molecule has 1 N–H and O–H groups in total. The first kappa shape index (κ1) is 13.9. The van der Waals surface area contributed by atoms with Crippen LogP contribution in [-0.4, -0.2) is 48.5 Å². The molecule has 7 heteroatoms. The number of likely N-dealkylation sites (tertiary alicyclic amines) is 1. The molecule has 1 amide bonds. The Hall–Kier alpha value is -2.70. The molecule has 1 unspecified atom stereocenters. The van der Waals surface area contributed by atoms with Crippen LogP contribution >= 0.6 is 0 Å². The summed E-state index contributed by atoms with van der Waals surface area (Å²) in [6, 6.07) is 5.84. The maximum Gasteiger partial charge on any atom is 0.228 e. The fourth-order valence-corrected chi connectivity index (χ4v) is 3.18. The number of rotatable bonds is 3. The van der Waals surface area contributed by atoms with Gasteiger partial charge in [-0.15, -0.1) is 0 Å². The maximum atomic E-state index is 12.6. The van der Waals surface area contributed by atoms with Crippen LogP contribution in [0.2, 0.25) is 0 Å². The smallest absolute Gasteiger partial charge is 0.228 e. The van der Waals surface area contributed by atoms with E-state index in [9.17, 15) is 4.79 Å². The Morgan fingerprint density at radius 3 is 3.17 bits per heavy atom. The number of H-pyrrole nitrogens is 1. The lowest BCUT2D eigenvalue weighted by Gasteiger charge is -2.31. The summed E-state index contributed by atoms with van der Waals surface area (Å²) < 4.78 is 1.94. The van der Waals surface area contributed by atoms with Gasteiger partial charge in [0.1, 0.15) is 17.8 Å². The number of carbonyl (C=O) groups excluding carboxylic acids is 1. The number of aromatic amines is 1. The normalized spacial score (nSPS) is 18.4. The van der Waals surface area contributed by atoms with Crippen LogP contribution in [0.3, 0.4) is 0 Å². The molecule has 3 aromatic rings. The predicted octanol–water partition coefficient (Wildman–Crippen LogP) is 1.40. The van der Waals surface area contributed by atoms with Gasteiger partial charge in [0.25, 0.3) is 0 Å². The third-order valence-electron chi connectivity index (χ3n) is 4.34. The molecule has 1 atom stereocenters. The molecule has 0 aliphatic carbocycles. The van der Waals surface area contributed by atoms with E-state index in [2.05, 4.69) is 20.2 Å². The summed E-state index contributed by atoms with van der Waals surface area (Å²) in [6.45, 7) is 1.50. The van der Waals surface area contributed by atoms with Crippen molar-refractivity contribution in [2.75, 3.05) is 13.1 Å². The lowest BCUT2D eigenvalue weighted by Crippen LogP contribution is -2.40. The van der Waals surface area contributed by atoms with Crippen molar-refractivity contribution in [3.8, 4) is 0 Å². The number of imidazole rings is 1. The summed E-state index contributed by atoms with van der Waals surface area (Å²) in [7, 11) is 0. The van der Waals surface area contributed by atoms with Gasteiger partial charge in [0.05, 0.1) is 12.1 Å². The number of fused-ring (bicyclic) bond motifs is 1. The molecule has 23 heavy (non-hydrogen) atoms. The topological polar surface area (TPSA) is 79.2 Å². The zero-order chi connectivity index (χ0) is 15.6. The van der Waals surface area contributed by atoms with Gasteiger partial charge >= 0.3 is 0 Å². The van der Waals surface area contributed by atoms with Crippen LogP contribution in [0.5, 0.6) is 0 Å². The van der Waals surface area contributed by atoms with Crippen molar-refractivity contribution in [1.29, 1.82) is 0 Å². The van der Waals surface area contributed by atoms with Gasteiger partial charge in [-0.05, 0) is 25.0 Å². The number of hydrogen-bond acceptors (Lipinski definition) is 4. The third-order valence-corrected chi connectivity index (χ3v) is 4.34. The van der Waals surface area contributed by atoms with Gasteiger partial charge < -0.3 is 9.30 Å². The first-order chi connectivity index (χ1) is 11.3. The van der Waals surface area contributed by atoms with E-state index in [4.69, 9.17) is 0 Å². The van der Waals surface area contributed by atoms with Crippen LogP contribution in [0.1, 0.15) is 30.3 Å². The first-order valence-electron chi connectivity index (χ1n) is 7.85. The van der Waals surface area contributed by atoms with Crippen molar-refractivity contribution in [3.05, 3.63) is 48.4 Å². The Balaban J connectivity index is 1.45. The minimum Gasteiger partial charge on any atom is -0.342 e. The minimum atomic E-state index is 0.123. The van der Waals surface area contributed by atoms with Gasteiger partial charge in [-0.1, -0.05) is 6.07 Å². The molecule has 1 aliphatic rings. The second kappa shape index (κ2) is 5.83. The molecule has 7 nitrogen and oxygen atoms in total. The van der Waals surface area contributed by atoms with Crippen molar-refractivity contribution in [2.24, 2.45) is 0 Å². The largest absolute Gasteiger partial charge is 0.342 e. The molecule has 0 radical (unpaired) electrons. The highest BCUT2D eigenvalue weighted by Crippen LogP contribution is 2.24. The monoisotopic (exact) mass is 310 g/mol. The molecule has 0 bridgehead atoms. The summed E-state index contributed by atoms with van der Waals surface area (Å²) in [4.78, 5) is 23.2. The number of nitrogens with one attached hydrogen (secondary N) is 1. The Bertz CT molecular complexity index is 776. The molecule has 118 valence electrons. The molecular weight excluding hydrogens is 292 g/mol. The van der Waals surface area contributed by atoms with Gasteiger partial charge in [-0.25, -0.2) is 9.97 Å². The third kappa shape index (κ3) is 2.81. The van der Waals surface area contributed by atoms with Gasteiger partial charge in [0.2, 0.25) is 5.91 Å². The summed E-state index contributed by atoms with van der Waals surface area (Å²) in [6.07, 6.45) is 7.75. The van der Waals surface area contributed by atoms with E-state index in [-0.39, 0.29) is 11.8 Å². The number of hydrogen-bond donors (Lipinski definition) is 1. The summed E-state index contributed by atoms with van der Waals surface area (Å²) in [5, 5.41) is 6.83. The van der Waals surface area contributed by atoms with E-state index in [0.717, 1.165) is 36.6 Å². The zero-order valence-corrected chi connectivity index (χ0v) is 12.7. The Kier molecular flexibility index (Phi) is 3.53. The molecule has 0 saturated carbocycles. The van der Waals surface area contributed by atoms with Crippen molar-refractivity contribution in [2.45, 2.75) is 25.2 Å². The van der Waals surface area contributed by atoms with Gasteiger partial charge in [-0.2, -0.15) is 5.10 Å². The zero-order valence-electron chi connectivity index (χ0n) is 12.7. The highest BCUT2D eigenvalue weighted by molar-refractivity contribution is 5.78. The molecule has 3 aromatic heterocycles. The molecule has 0 aromatic carbocycles. The van der Waals surface area contributed by atoms with E-state index >= 15 is 0 Å². The lowest BCUT2D eigenvalue weighted by molar-refractivity contribution is -0.131. The van der Waals surface area contributed by atoms with E-state index < -0.39 is 0 Å². The Morgan fingerprint density at radius 2 is 2.35 bits per heavy atom. The van der Waals surface area contributed by atoms with E-state index in [1.165, 1.54) is 6.33 Å².